The summed E-state index contributed by atoms with van der Waals surface area (Å²) in [5.74, 6) is -1.22. The molecule has 0 radical (unpaired) electrons. The second-order valence-corrected chi connectivity index (χ2v) is 4.48. The minimum Gasteiger partial charge on any atom is -0.503 e. The first-order chi connectivity index (χ1) is 10.5. The molecule has 1 aromatic carbocycles. The summed E-state index contributed by atoms with van der Waals surface area (Å²) in [5.41, 5.74) is -0.600. The van der Waals surface area contributed by atoms with Crippen LogP contribution in [0.2, 0.25) is 0 Å². The fourth-order valence-electron chi connectivity index (χ4n) is 1.98. The molecule has 0 aliphatic carbocycles. The molecule has 0 saturated heterocycles. The summed E-state index contributed by atoms with van der Waals surface area (Å²) in [5, 5.41) is 19.0. The van der Waals surface area contributed by atoms with Gasteiger partial charge in [-0.05, 0) is 25.5 Å². The van der Waals surface area contributed by atoms with Crippen LogP contribution in [-0.4, -0.2) is 29.4 Å². The fraction of sp³-hybridized carbons (Fsp3) is 0.333. The number of hydrogen-bond acceptors (Lipinski definition) is 6. The first kappa shape index (κ1) is 15.7. The van der Waals surface area contributed by atoms with E-state index in [-0.39, 0.29) is 42.1 Å². The first-order valence-electron chi connectivity index (χ1n) is 6.80. The molecule has 7 nitrogen and oxygen atoms in total. The van der Waals surface area contributed by atoms with E-state index in [0.717, 1.165) is 0 Å². The highest BCUT2D eigenvalue weighted by Crippen LogP contribution is 2.37. The average Bonchev–Trinajstić information content (AvgIpc) is 2.47. The zero-order valence-electron chi connectivity index (χ0n) is 12.0. The van der Waals surface area contributed by atoms with E-state index in [1.165, 1.54) is 6.07 Å². The van der Waals surface area contributed by atoms with Crippen LogP contribution >= 0.6 is 0 Å². The standard InChI is InChI=1S/C15H16O7/c1-2-20-14-13(18)12-9(21-8-4-7-11(16)17)5-3-6-10(12)22-15(14)19/h3,5-6,18H,2,4,7-8H2,1H3,(H,16,17). The molecule has 1 heterocycles. The summed E-state index contributed by atoms with van der Waals surface area (Å²) in [6.07, 6.45) is 0.303. The van der Waals surface area contributed by atoms with E-state index in [1.54, 1.807) is 19.1 Å². The lowest BCUT2D eigenvalue weighted by atomic mass is 10.2. The summed E-state index contributed by atoms with van der Waals surface area (Å²) in [6, 6.07) is 4.73. The molecule has 0 aliphatic rings. The minimum atomic E-state index is -0.908. The highest BCUT2D eigenvalue weighted by atomic mass is 16.5. The largest absolute Gasteiger partial charge is 0.503 e. The number of aliphatic carboxylic acids is 1. The van der Waals surface area contributed by atoms with Crippen molar-refractivity contribution in [2.24, 2.45) is 0 Å². The number of hydrogen-bond donors (Lipinski definition) is 2. The number of fused-ring (bicyclic) bond motifs is 1. The van der Waals surface area contributed by atoms with Gasteiger partial charge < -0.3 is 24.1 Å². The molecule has 0 fully saturated rings. The van der Waals surface area contributed by atoms with Crippen molar-refractivity contribution < 1.29 is 28.9 Å². The molecule has 2 N–H and O–H groups in total. The van der Waals surface area contributed by atoms with E-state index in [0.29, 0.717) is 12.2 Å². The molecule has 2 aromatic rings. The molecule has 0 spiro atoms. The molecule has 0 bridgehead atoms. The van der Waals surface area contributed by atoms with E-state index in [1.807, 2.05) is 0 Å². The van der Waals surface area contributed by atoms with Crippen LogP contribution in [-0.2, 0) is 4.79 Å². The van der Waals surface area contributed by atoms with Gasteiger partial charge >= 0.3 is 11.6 Å². The highest BCUT2D eigenvalue weighted by molar-refractivity contribution is 5.91. The number of benzene rings is 1. The smallest absolute Gasteiger partial charge is 0.383 e. The second-order valence-electron chi connectivity index (χ2n) is 4.48. The first-order valence-corrected chi connectivity index (χ1v) is 6.80. The Hall–Kier alpha value is -2.70. The van der Waals surface area contributed by atoms with E-state index in [9.17, 15) is 14.7 Å². The Morgan fingerprint density at radius 2 is 2.09 bits per heavy atom. The number of rotatable bonds is 7. The van der Waals surface area contributed by atoms with Crippen LogP contribution in [0.3, 0.4) is 0 Å². The zero-order valence-corrected chi connectivity index (χ0v) is 12.0. The van der Waals surface area contributed by atoms with Crippen LogP contribution in [0, 0.1) is 0 Å². The Kier molecular flexibility index (Phi) is 4.88. The molecule has 0 saturated carbocycles. The zero-order chi connectivity index (χ0) is 16.1. The molecule has 0 amide bonds. The van der Waals surface area contributed by atoms with Gasteiger partial charge in [-0.2, -0.15) is 0 Å². The van der Waals surface area contributed by atoms with Gasteiger partial charge in [-0.15, -0.1) is 0 Å². The van der Waals surface area contributed by atoms with Gasteiger partial charge in [-0.3, -0.25) is 4.79 Å². The van der Waals surface area contributed by atoms with Crippen molar-refractivity contribution in [3.8, 4) is 17.2 Å². The van der Waals surface area contributed by atoms with Crippen LogP contribution in [0.1, 0.15) is 19.8 Å². The average molecular weight is 308 g/mol. The molecule has 22 heavy (non-hydrogen) atoms. The summed E-state index contributed by atoms with van der Waals surface area (Å²) < 4.78 is 15.7. The Bertz CT molecular complexity index is 732. The van der Waals surface area contributed by atoms with Crippen molar-refractivity contribution in [3.05, 3.63) is 28.6 Å². The minimum absolute atomic E-state index is 0.0178. The maximum absolute atomic E-state index is 11.7. The van der Waals surface area contributed by atoms with Gasteiger partial charge in [-0.1, -0.05) is 6.07 Å². The van der Waals surface area contributed by atoms with E-state index < -0.39 is 11.6 Å². The Labute approximate surface area is 125 Å². The molecular weight excluding hydrogens is 292 g/mol. The molecule has 118 valence electrons. The van der Waals surface area contributed by atoms with Crippen molar-refractivity contribution >= 4 is 16.9 Å². The van der Waals surface area contributed by atoms with Gasteiger partial charge in [0.15, 0.2) is 5.75 Å². The van der Waals surface area contributed by atoms with E-state index >= 15 is 0 Å². The topological polar surface area (TPSA) is 106 Å². The lowest BCUT2D eigenvalue weighted by molar-refractivity contribution is -0.137. The number of carboxylic acids is 1. The molecular formula is C15H16O7. The quantitative estimate of drug-likeness (QED) is 0.596. The van der Waals surface area contributed by atoms with E-state index in [4.69, 9.17) is 19.0 Å². The second kappa shape index (κ2) is 6.84. The third-order valence-corrected chi connectivity index (χ3v) is 2.91. The number of carboxylic acid groups (broad SMARTS) is 1. The lowest BCUT2D eigenvalue weighted by Crippen LogP contribution is -2.08. The maximum atomic E-state index is 11.7. The Morgan fingerprint density at radius 1 is 1.32 bits per heavy atom. The van der Waals surface area contributed by atoms with Crippen molar-refractivity contribution in [1.29, 1.82) is 0 Å². The van der Waals surface area contributed by atoms with Crippen LogP contribution < -0.4 is 15.1 Å². The summed E-state index contributed by atoms with van der Waals surface area (Å²) in [4.78, 5) is 22.2. The fourth-order valence-corrected chi connectivity index (χ4v) is 1.98. The van der Waals surface area contributed by atoms with Gasteiger partial charge in [0.05, 0.1) is 13.2 Å². The van der Waals surface area contributed by atoms with Gasteiger partial charge in [0, 0.05) is 6.42 Å². The van der Waals surface area contributed by atoms with Gasteiger partial charge in [0.25, 0.3) is 0 Å². The van der Waals surface area contributed by atoms with Crippen LogP contribution in [0.4, 0.5) is 0 Å². The van der Waals surface area contributed by atoms with Crippen LogP contribution in [0.5, 0.6) is 17.2 Å². The number of aromatic hydroxyl groups is 1. The van der Waals surface area contributed by atoms with Crippen molar-refractivity contribution in [3.63, 3.8) is 0 Å². The predicted octanol–water partition coefficient (Wildman–Crippen LogP) is 2.14. The lowest BCUT2D eigenvalue weighted by Gasteiger charge is -2.11. The Morgan fingerprint density at radius 3 is 2.77 bits per heavy atom. The molecule has 0 atom stereocenters. The molecule has 1 aromatic heterocycles. The van der Waals surface area contributed by atoms with Gasteiger partial charge in [-0.25, -0.2) is 4.79 Å². The third kappa shape index (κ3) is 3.30. The van der Waals surface area contributed by atoms with Crippen molar-refractivity contribution in [2.75, 3.05) is 13.2 Å². The third-order valence-electron chi connectivity index (χ3n) is 2.91. The Balaban J connectivity index is 2.36. The van der Waals surface area contributed by atoms with Crippen molar-refractivity contribution in [1.82, 2.24) is 0 Å². The normalized spacial score (nSPS) is 10.6. The van der Waals surface area contributed by atoms with Crippen LogP contribution in [0.15, 0.2) is 27.4 Å². The van der Waals surface area contributed by atoms with Gasteiger partial charge in [0.2, 0.25) is 5.75 Å². The molecule has 0 aliphatic heterocycles. The predicted molar refractivity (Wildman–Crippen MR) is 77.7 cm³/mol. The van der Waals surface area contributed by atoms with E-state index in [2.05, 4.69) is 0 Å². The summed E-state index contributed by atoms with van der Waals surface area (Å²) >= 11 is 0. The molecule has 2 rings (SSSR count). The maximum Gasteiger partial charge on any atom is 0.383 e. The van der Waals surface area contributed by atoms with Crippen LogP contribution in [0.25, 0.3) is 11.0 Å². The monoisotopic (exact) mass is 308 g/mol. The SMILES string of the molecule is CCOc1c(O)c2c(OCCCC(=O)O)cccc2oc1=O. The molecule has 7 heteroatoms. The summed E-state index contributed by atoms with van der Waals surface area (Å²) in [6.45, 7) is 2.04. The van der Waals surface area contributed by atoms with Crippen molar-refractivity contribution in [2.45, 2.75) is 19.8 Å². The number of ether oxygens (including phenoxy) is 2. The molecule has 0 unspecified atom stereocenters. The number of carbonyl (C=O) groups is 1. The highest BCUT2D eigenvalue weighted by Gasteiger charge is 2.18. The summed E-state index contributed by atoms with van der Waals surface area (Å²) in [7, 11) is 0. The van der Waals surface area contributed by atoms with Gasteiger partial charge in [0.1, 0.15) is 16.7 Å².